The molecule has 0 saturated carbocycles. The fourth-order valence-electron chi connectivity index (χ4n) is 1.20. The predicted octanol–water partition coefficient (Wildman–Crippen LogP) is 2.73. The van der Waals surface area contributed by atoms with Gasteiger partial charge in [-0.15, -0.1) is 0 Å². The maximum Gasteiger partial charge on any atom is 0.455 e. The molecule has 0 aliphatic carbocycles. The van der Waals surface area contributed by atoms with Gasteiger partial charge in [-0.25, -0.2) is 4.98 Å². The molecule has 0 aromatic carbocycles. The number of aromatic nitrogens is 1. The van der Waals surface area contributed by atoms with Crippen LogP contribution in [0.1, 0.15) is 9.67 Å². The van der Waals surface area contributed by atoms with Gasteiger partial charge in [0.05, 0.1) is 6.26 Å². The van der Waals surface area contributed by atoms with E-state index in [2.05, 4.69) is 4.98 Å². The van der Waals surface area contributed by atoms with Crippen molar-refractivity contribution in [1.29, 1.82) is 0 Å². The number of thiazole rings is 1. The number of alkyl halides is 3. The Morgan fingerprint density at radius 2 is 2.18 bits per heavy atom. The van der Waals surface area contributed by atoms with Crippen LogP contribution in [-0.2, 0) is 0 Å². The lowest BCUT2D eigenvalue weighted by molar-refractivity contribution is -0.0882. The van der Waals surface area contributed by atoms with Gasteiger partial charge in [0.15, 0.2) is 10.9 Å². The van der Waals surface area contributed by atoms with Crippen LogP contribution in [0.4, 0.5) is 18.3 Å². The van der Waals surface area contributed by atoms with Crippen LogP contribution in [0.5, 0.6) is 0 Å². The van der Waals surface area contributed by atoms with E-state index >= 15 is 0 Å². The monoisotopic (exact) mass is 262 g/mol. The van der Waals surface area contributed by atoms with E-state index in [1.807, 2.05) is 0 Å². The van der Waals surface area contributed by atoms with E-state index in [0.29, 0.717) is 11.3 Å². The van der Waals surface area contributed by atoms with Crippen molar-refractivity contribution in [2.45, 2.75) is 6.18 Å². The van der Waals surface area contributed by atoms with Crippen molar-refractivity contribution >= 4 is 22.3 Å². The van der Waals surface area contributed by atoms with E-state index in [1.54, 1.807) is 0 Å². The van der Waals surface area contributed by atoms with Crippen molar-refractivity contribution in [2.24, 2.45) is 0 Å². The van der Waals surface area contributed by atoms with Crippen LogP contribution >= 0.6 is 11.3 Å². The first-order valence-electron chi connectivity index (χ1n) is 4.31. The van der Waals surface area contributed by atoms with E-state index in [4.69, 9.17) is 10.2 Å². The molecule has 2 rings (SSSR count). The number of hydrogen-bond acceptors (Lipinski definition) is 5. The van der Waals surface area contributed by atoms with Crippen LogP contribution in [0, 0.1) is 0 Å². The number of anilines is 1. The first-order valence-corrected chi connectivity index (χ1v) is 5.13. The standard InChI is InChI=1S/C9H5F3N2O2S/c10-9(11,12)7(15)6-5(14-8(13)17-6)4-2-1-3-16-4/h1-3H,(H2,13,14). The molecule has 4 nitrogen and oxygen atoms in total. The van der Waals surface area contributed by atoms with Crippen molar-refractivity contribution in [1.82, 2.24) is 4.98 Å². The summed E-state index contributed by atoms with van der Waals surface area (Å²) in [5, 5.41) is -0.121. The van der Waals surface area contributed by atoms with Gasteiger partial charge in [0.1, 0.15) is 10.6 Å². The Morgan fingerprint density at radius 3 is 2.71 bits per heavy atom. The third-order valence-electron chi connectivity index (χ3n) is 1.86. The zero-order valence-electron chi connectivity index (χ0n) is 8.12. The van der Waals surface area contributed by atoms with Crippen LogP contribution in [0.15, 0.2) is 22.8 Å². The molecule has 0 amide bonds. The molecule has 0 fully saturated rings. The highest BCUT2D eigenvalue weighted by Gasteiger charge is 2.42. The highest BCUT2D eigenvalue weighted by molar-refractivity contribution is 7.17. The topological polar surface area (TPSA) is 69.1 Å². The largest absolute Gasteiger partial charge is 0.463 e. The number of carbonyl (C=O) groups excluding carboxylic acids is 1. The Labute approximate surface area is 96.9 Å². The van der Waals surface area contributed by atoms with Gasteiger partial charge in [-0.05, 0) is 12.1 Å². The highest BCUT2D eigenvalue weighted by Crippen LogP contribution is 2.34. The lowest BCUT2D eigenvalue weighted by Crippen LogP contribution is -2.22. The molecule has 0 bridgehead atoms. The number of furan rings is 1. The Kier molecular flexibility index (Phi) is 2.66. The second kappa shape index (κ2) is 3.88. The van der Waals surface area contributed by atoms with Crippen molar-refractivity contribution < 1.29 is 22.4 Å². The molecule has 0 spiro atoms. The van der Waals surface area contributed by atoms with Crippen molar-refractivity contribution in [2.75, 3.05) is 5.73 Å². The van der Waals surface area contributed by atoms with E-state index in [1.165, 1.54) is 18.4 Å². The number of nitrogens with zero attached hydrogens (tertiary/aromatic N) is 1. The van der Waals surface area contributed by atoms with Crippen LogP contribution in [0.25, 0.3) is 11.5 Å². The van der Waals surface area contributed by atoms with Gasteiger partial charge in [-0.1, -0.05) is 11.3 Å². The molecule has 0 radical (unpaired) electrons. The maximum atomic E-state index is 12.3. The lowest BCUT2D eigenvalue weighted by atomic mass is 10.2. The molecular formula is C9H5F3N2O2S. The Bertz CT molecular complexity index is 545. The zero-order chi connectivity index (χ0) is 12.6. The van der Waals surface area contributed by atoms with E-state index in [0.717, 1.165) is 0 Å². The minimum Gasteiger partial charge on any atom is -0.463 e. The molecule has 2 aromatic heterocycles. The number of nitrogens with two attached hydrogens (primary N) is 1. The van der Waals surface area contributed by atoms with Crippen molar-refractivity contribution in [3.8, 4) is 11.5 Å². The Morgan fingerprint density at radius 1 is 1.47 bits per heavy atom. The summed E-state index contributed by atoms with van der Waals surface area (Å²) in [5.74, 6) is -1.90. The molecule has 0 atom stereocenters. The first-order chi connectivity index (χ1) is 7.89. The summed E-state index contributed by atoms with van der Waals surface area (Å²) in [6.45, 7) is 0. The van der Waals surface area contributed by atoms with Gasteiger partial charge >= 0.3 is 6.18 Å². The number of carbonyl (C=O) groups is 1. The van der Waals surface area contributed by atoms with Gasteiger partial charge in [0.25, 0.3) is 5.78 Å². The average molecular weight is 262 g/mol. The van der Waals surface area contributed by atoms with Gasteiger partial charge in [0, 0.05) is 0 Å². The van der Waals surface area contributed by atoms with E-state index < -0.39 is 16.8 Å². The average Bonchev–Trinajstić information content (AvgIpc) is 2.82. The van der Waals surface area contributed by atoms with Crippen LogP contribution < -0.4 is 5.73 Å². The summed E-state index contributed by atoms with van der Waals surface area (Å²) >= 11 is 0.485. The number of ketones is 1. The summed E-state index contributed by atoms with van der Waals surface area (Å²) in [5.41, 5.74) is 5.13. The second-order valence-corrected chi connectivity index (χ2v) is 4.06. The third-order valence-corrected chi connectivity index (χ3v) is 2.75. The Balaban J connectivity index is 2.52. The van der Waals surface area contributed by atoms with E-state index in [-0.39, 0.29) is 16.6 Å². The summed E-state index contributed by atoms with van der Waals surface area (Å²) in [4.78, 5) is 14.2. The SMILES string of the molecule is Nc1nc(-c2ccco2)c(C(=O)C(F)(F)F)s1. The Hall–Kier alpha value is -1.83. The third kappa shape index (κ3) is 2.16. The number of hydrogen-bond donors (Lipinski definition) is 1. The molecule has 2 aromatic rings. The summed E-state index contributed by atoms with van der Waals surface area (Å²) in [7, 11) is 0. The smallest absolute Gasteiger partial charge is 0.455 e. The quantitative estimate of drug-likeness (QED) is 0.845. The predicted molar refractivity (Wildman–Crippen MR) is 54.6 cm³/mol. The fourth-order valence-corrected chi connectivity index (χ4v) is 2.00. The van der Waals surface area contributed by atoms with Crippen LogP contribution in [0.2, 0.25) is 0 Å². The molecule has 2 heterocycles. The summed E-state index contributed by atoms with van der Waals surface area (Å²) in [6, 6.07) is 2.88. The minimum atomic E-state index is -4.96. The summed E-state index contributed by atoms with van der Waals surface area (Å²) in [6.07, 6.45) is -3.69. The number of rotatable bonds is 2. The van der Waals surface area contributed by atoms with Crippen LogP contribution in [-0.4, -0.2) is 16.9 Å². The normalized spacial score (nSPS) is 11.7. The van der Waals surface area contributed by atoms with Gasteiger partial charge in [0.2, 0.25) is 0 Å². The zero-order valence-corrected chi connectivity index (χ0v) is 8.93. The molecule has 0 aliphatic rings. The van der Waals surface area contributed by atoms with E-state index in [9.17, 15) is 18.0 Å². The first kappa shape index (κ1) is 11.6. The van der Waals surface area contributed by atoms with Gasteiger partial charge in [-0.2, -0.15) is 13.2 Å². The lowest BCUT2D eigenvalue weighted by Gasteiger charge is -2.03. The summed E-state index contributed by atoms with van der Waals surface area (Å²) < 4.78 is 41.9. The fraction of sp³-hybridized carbons (Fsp3) is 0.111. The molecule has 2 N–H and O–H groups in total. The molecule has 90 valence electrons. The molecule has 8 heteroatoms. The number of Topliss-reactive ketones (excluding diaryl/α,β-unsaturated/α-hetero) is 1. The molecule has 17 heavy (non-hydrogen) atoms. The van der Waals surface area contributed by atoms with Crippen LogP contribution in [0.3, 0.4) is 0 Å². The minimum absolute atomic E-state index is 0.0746. The van der Waals surface area contributed by atoms with Crippen molar-refractivity contribution in [3.05, 3.63) is 23.3 Å². The molecule has 0 unspecified atom stereocenters. The molecular weight excluding hydrogens is 257 g/mol. The van der Waals surface area contributed by atoms with Gasteiger partial charge < -0.3 is 10.2 Å². The van der Waals surface area contributed by atoms with Gasteiger partial charge in [-0.3, -0.25) is 4.79 Å². The maximum absolute atomic E-state index is 12.3. The second-order valence-electron chi connectivity index (χ2n) is 3.03. The highest BCUT2D eigenvalue weighted by atomic mass is 32.1. The molecule has 0 saturated heterocycles. The van der Waals surface area contributed by atoms with Crippen molar-refractivity contribution in [3.63, 3.8) is 0 Å². The number of nitrogen functional groups attached to an aromatic ring is 1. The number of halogens is 3. The molecule has 0 aliphatic heterocycles.